The highest BCUT2D eigenvalue weighted by atomic mass is 16.6. The van der Waals surface area contributed by atoms with Crippen molar-refractivity contribution in [2.24, 2.45) is 4.99 Å². The van der Waals surface area contributed by atoms with Crippen LogP contribution in [0.1, 0.15) is 52.0 Å². The number of aromatic nitrogens is 1. The van der Waals surface area contributed by atoms with Crippen LogP contribution in [0.4, 0.5) is 4.79 Å². The Morgan fingerprint density at radius 1 is 1.33 bits per heavy atom. The molecule has 0 saturated carbocycles. The summed E-state index contributed by atoms with van der Waals surface area (Å²) < 4.78 is 10.5. The van der Waals surface area contributed by atoms with Crippen LogP contribution in [0.25, 0.3) is 0 Å². The number of carbonyl (C=O) groups excluding carboxylic acids is 1. The molecule has 2 rings (SSSR count). The number of hydrogen-bond acceptors (Lipinski definition) is 6. The third-order valence-corrected chi connectivity index (χ3v) is 4.81. The summed E-state index contributed by atoms with van der Waals surface area (Å²) >= 11 is 0. The number of alkyl carbamates (subject to hydrolysis) is 1. The van der Waals surface area contributed by atoms with Gasteiger partial charge in [0, 0.05) is 58.4 Å². The zero-order chi connectivity index (χ0) is 22.1. The fraction of sp³-hybridized carbons (Fsp3) is 0.762. The number of aryl methyl sites for hydroxylation is 1. The highest BCUT2D eigenvalue weighted by Crippen LogP contribution is 2.10. The molecule has 1 aliphatic rings. The summed E-state index contributed by atoms with van der Waals surface area (Å²) in [7, 11) is 1.79. The first-order valence-corrected chi connectivity index (χ1v) is 10.8. The second-order valence-electron chi connectivity index (χ2n) is 8.75. The van der Waals surface area contributed by atoms with Crippen LogP contribution in [-0.2, 0) is 11.3 Å². The van der Waals surface area contributed by atoms with E-state index < -0.39 is 5.60 Å². The van der Waals surface area contributed by atoms with Gasteiger partial charge in [-0.05, 0) is 34.1 Å². The Bertz CT molecular complexity index is 689. The van der Waals surface area contributed by atoms with E-state index in [-0.39, 0.29) is 12.1 Å². The van der Waals surface area contributed by atoms with E-state index in [1.165, 1.54) is 0 Å². The van der Waals surface area contributed by atoms with E-state index in [2.05, 4.69) is 37.5 Å². The topological polar surface area (TPSA) is 95.2 Å². The fourth-order valence-corrected chi connectivity index (χ4v) is 3.43. The summed E-state index contributed by atoms with van der Waals surface area (Å²) in [6.45, 7) is 14.7. The van der Waals surface area contributed by atoms with E-state index in [1.807, 2.05) is 33.8 Å². The van der Waals surface area contributed by atoms with Gasteiger partial charge < -0.3 is 24.8 Å². The summed E-state index contributed by atoms with van der Waals surface area (Å²) in [5.74, 6) is 1.70. The molecule has 0 aromatic carbocycles. The molecule has 1 saturated heterocycles. The van der Waals surface area contributed by atoms with Crippen LogP contribution in [0.3, 0.4) is 0 Å². The second-order valence-corrected chi connectivity index (χ2v) is 8.75. The molecule has 0 radical (unpaired) electrons. The number of guanidine groups is 1. The van der Waals surface area contributed by atoms with Gasteiger partial charge in [-0.1, -0.05) is 18.5 Å². The molecule has 1 unspecified atom stereocenters. The average molecular weight is 423 g/mol. The molecule has 1 aliphatic heterocycles. The number of hydrogen-bond donors (Lipinski definition) is 2. The van der Waals surface area contributed by atoms with E-state index in [4.69, 9.17) is 9.26 Å². The Morgan fingerprint density at radius 3 is 2.57 bits per heavy atom. The molecule has 1 aromatic rings. The number of nitrogens with zero attached hydrogens (tertiary/aromatic N) is 4. The van der Waals surface area contributed by atoms with Crippen LogP contribution in [0.2, 0.25) is 0 Å². The monoisotopic (exact) mass is 422 g/mol. The molecule has 170 valence electrons. The smallest absolute Gasteiger partial charge is 0.407 e. The van der Waals surface area contributed by atoms with Crippen molar-refractivity contribution in [3.63, 3.8) is 0 Å². The molecule has 9 nitrogen and oxygen atoms in total. The number of piperazine rings is 1. The van der Waals surface area contributed by atoms with Crippen LogP contribution in [0.5, 0.6) is 0 Å². The average Bonchev–Trinajstić information content (AvgIpc) is 3.06. The third-order valence-electron chi connectivity index (χ3n) is 4.81. The van der Waals surface area contributed by atoms with Crippen molar-refractivity contribution < 1.29 is 14.1 Å². The predicted octanol–water partition coefficient (Wildman–Crippen LogP) is 2.37. The van der Waals surface area contributed by atoms with Gasteiger partial charge >= 0.3 is 6.09 Å². The molecule has 2 N–H and O–H groups in total. The molecule has 2 heterocycles. The molecule has 1 atom stereocenters. The number of nitrogens with one attached hydrogen (secondary N) is 2. The van der Waals surface area contributed by atoms with Gasteiger partial charge in [0.2, 0.25) is 0 Å². The van der Waals surface area contributed by atoms with Gasteiger partial charge in [0.15, 0.2) is 5.96 Å². The normalized spacial score (nSPS) is 17.0. The number of amides is 1. The lowest BCUT2D eigenvalue weighted by Crippen LogP contribution is -2.54. The summed E-state index contributed by atoms with van der Waals surface area (Å²) in [5, 5.41) is 10.5. The molecule has 0 spiro atoms. The molecule has 1 aromatic heterocycles. The summed E-state index contributed by atoms with van der Waals surface area (Å²) in [6.07, 6.45) is 1.46. The molecule has 9 heteroatoms. The second kappa shape index (κ2) is 11.2. The Kier molecular flexibility index (Phi) is 8.95. The molecule has 0 aliphatic carbocycles. The first-order chi connectivity index (χ1) is 14.2. The van der Waals surface area contributed by atoms with E-state index in [9.17, 15) is 4.79 Å². The van der Waals surface area contributed by atoms with Gasteiger partial charge in [0.05, 0.1) is 5.69 Å². The number of carbonyl (C=O) groups is 1. The number of ether oxygens (including phenoxy) is 1. The quantitative estimate of drug-likeness (QED) is 0.514. The summed E-state index contributed by atoms with van der Waals surface area (Å²) in [5.41, 5.74) is 0.466. The van der Waals surface area contributed by atoms with Crippen molar-refractivity contribution in [2.45, 2.75) is 65.6 Å². The molecule has 1 amide bonds. The van der Waals surface area contributed by atoms with Gasteiger partial charge in [-0.3, -0.25) is 9.89 Å². The van der Waals surface area contributed by atoms with Crippen molar-refractivity contribution in [3.05, 3.63) is 17.5 Å². The molecular weight excluding hydrogens is 384 g/mol. The van der Waals surface area contributed by atoms with Crippen molar-refractivity contribution in [2.75, 3.05) is 39.8 Å². The Morgan fingerprint density at radius 2 is 2.03 bits per heavy atom. The van der Waals surface area contributed by atoms with E-state index in [0.717, 1.165) is 63.0 Å². The van der Waals surface area contributed by atoms with E-state index >= 15 is 0 Å². The van der Waals surface area contributed by atoms with Crippen molar-refractivity contribution in [1.29, 1.82) is 0 Å². The first-order valence-electron chi connectivity index (χ1n) is 10.8. The maximum Gasteiger partial charge on any atom is 0.407 e. The Hall–Kier alpha value is -2.29. The predicted molar refractivity (Wildman–Crippen MR) is 118 cm³/mol. The van der Waals surface area contributed by atoms with Crippen molar-refractivity contribution >= 4 is 12.1 Å². The Labute approximate surface area is 180 Å². The minimum atomic E-state index is -0.505. The molecule has 1 fully saturated rings. The van der Waals surface area contributed by atoms with Crippen LogP contribution >= 0.6 is 0 Å². The Balaban J connectivity index is 1.80. The van der Waals surface area contributed by atoms with Gasteiger partial charge in [-0.2, -0.15) is 0 Å². The third kappa shape index (κ3) is 8.22. The highest BCUT2D eigenvalue weighted by molar-refractivity contribution is 5.80. The lowest BCUT2D eigenvalue weighted by molar-refractivity contribution is 0.0502. The fourth-order valence-electron chi connectivity index (χ4n) is 3.43. The molecule has 0 bridgehead atoms. The van der Waals surface area contributed by atoms with Crippen LogP contribution in [0.15, 0.2) is 15.6 Å². The largest absolute Gasteiger partial charge is 0.444 e. The maximum atomic E-state index is 12.1. The molecule has 30 heavy (non-hydrogen) atoms. The maximum absolute atomic E-state index is 12.1. The van der Waals surface area contributed by atoms with Gasteiger partial charge in [-0.15, -0.1) is 0 Å². The summed E-state index contributed by atoms with van der Waals surface area (Å²) in [4.78, 5) is 21.2. The number of aliphatic imine (C=N–C) groups is 1. The highest BCUT2D eigenvalue weighted by Gasteiger charge is 2.22. The van der Waals surface area contributed by atoms with Gasteiger partial charge in [0.25, 0.3) is 0 Å². The standard InChI is InChI=1S/C21H38N6O3/c1-7-8-17(24-20(28)29-21(3,4)5)14-23-19(22-6)27-11-9-26(10-12-27)15-18-13-16(2)30-25-18/h13,17H,7-12,14-15H2,1-6H3,(H,22,23)(H,24,28). The SMILES string of the molecule is CCCC(CNC(=NC)N1CCN(Cc2cc(C)on2)CC1)NC(=O)OC(C)(C)C. The zero-order valence-electron chi connectivity index (χ0n) is 19.3. The minimum absolute atomic E-state index is 0.0155. The van der Waals surface area contributed by atoms with Crippen LogP contribution in [-0.4, -0.2) is 78.4 Å². The van der Waals surface area contributed by atoms with Crippen molar-refractivity contribution in [3.8, 4) is 0 Å². The van der Waals surface area contributed by atoms with Crippen LogP contribution < -0.4 is 10.6 Å². The first kappa shape index (κ1) is 24.0. The summed E-state index contributed by atoms with van der Waals surface area (Å²) in [6, 6.07) is 1.97. The van der Waals surface area contributed by atoms with E-state index in [0.29, 0.717) is 6.54 Å². The van der Waals surface area contributed by atoms with Crippen molar-refractivity contribution in [1.82, 2.24) is 25.6 Å². The lowest BCUT2D eigenvalue weighted by atomic mass is 10.1. The lowest BCUT2D eigenvalue weighted by Gasteiger charge is -2.36. The van der Waals surface area contributed by atoms with Crippen LogP contribution in [0, 0.1) is 6.92 Å². The number of rotatable bonds is 7. The van der Waals surface area contributed by atoms with E-state index in [1.54, 1.807) is 7.05 Å². The minimum Gasteiger partial charge on any atom is -0.444 e. The van der Waals surface area contributed by atoms with Gasteiger partial charge in [0.1, 0.15) is 11.4 Å². The molecular formula is C21H38N6O3. The zero-order valence-corrected chi connectivity index (χ0v) is 19.3. The van der Waals surface area contributed by atoms with Gasteiger partial charge in [-0.25, -0.2) is 4.79 Å².